The van der Waals surface area contributed by atoms with Crippen LogP contribution in [-0.2, 0) is 0 Å². The average Bonchev–Trinajstić information content (AvgIpc) is 2.56. The van der Waals surface area contributed by atoms with Crippen LogP contribution < -0.4 is 20.6 Å². The summed E-state index contributed by atoms with van der Waals surface area (Å²) in [5.74, 6) is 0.0309. The molecule has 4 N–H and O–H groups in total. The topological polar surface area (TPSA) is 106 Å². The van der Waals surface area contributed by atoms with E-state index in [0.29, 0.717) is 16.8 Å². The van der Waals surface area contributed by atoms with Crippen molar-refractivity contribution in [3.8, 4) is 17.2 Å². The summed E-state index contributed by atoms with van der Waals surface area (Å²) in [7, 11) is 2.86. The van der Waals surface area contributed by atoms with Gasteiger partial charge >= 0.3 is 0 Å². The van der Waals surface area contributed by atoms with Gasteiger partial charge in [0.1, 0.15) is 0 Å². The molecule has 0 aliphatic heterocycles. The number of nitrogens with one attached hydrogen (secondary N) is 1. The van der Waals surface area contributed by atoms with Crippen molar-refractivity contribution in [1.82, 2.24) is 5.43 Å². The fraction of sp³-hybridized carbons (Fsp3) is 0.125. The number of nitrogen functional groups attached to an aromatic ring is 1. The van der Waals surface area contributed by atoms with Gasteiger partial charge in [0.05, 0.1) is 20.4 Å². The van der Waals surface area contributed by atoms with Gasteiger partial charge in [-0.25, -0.2) is 5.43 Å². The number of methoxy groups -OCH3 is 2. The smallest absolute Gasteiger partial charge is 0.271 e. The molecule has 7 nitrogen and oxygen atoms in total. The Morgan fingerprint density at radius 1 is 1.17 bits per heavy atom. The fourth-order valence-corrected chi connectivity index (χ4v) is 1.85. The molecule has 23 heavy (non-hydrogen) atoms. The molecule has 2 rings (SSSR count). The summed E-state index contributed by atoms with van der Waals surface area (Å²) in [6.45, 7) is 0. The van der Waals surface area contributed by atoms with E-state index in [1.165, 1.54) is 20.4 Å². The molecule has 0 spiro atoms. The highest BCUT2D eigenvalue weighted by Crippen LogP contribution is 2.36. The molecular formula is C16H17N3O4. The third-order valence-corrected chi connectivity index (χ3v) is 3.05. The van der Waals surface area contributed by atoms with Crippen LogP contribution in [0.15, 0.2) is 41.5 Å². The number of hydrogen-bond donors (Lipinski definition) is 3. The molecular weight excluding hydrogens is 298 g/mol. The van der Waals surface area contributed by atoms with E-state index in [0.717, 1.165) is 0 Å². The zero-order valence-corrected chi connectivity index (χ0v) is 12.7. The van der Waals surface area contributed by atoms with Crippen molar-refractivity contribution in [3.05, 3.63) is 47.5 Å². The number of nitrogens with two attached hydrogens (primary N) is 1. The Morgan fingerprint density at radius 2 is 1.74 bits per heavy atom. The SMILES string of the molecule is COc1cc(/C=N/NC(=O)c2ccc(N)cc2)cc(OC)c1O. The summed E-state index contributed by atoms with van der Waals surface area (Å²) in [4.78, 5) is 11.9. The van der Waals surface area contributed by atoms with Crippen LogP contribution in [0.4, 0.5) is 5.69 Å². The predicted molar refractivity (Wildman–Crippen MR) is 87.1 cm³/mol. The molecule has 0 unspecified atom stereocenters. The van der Waals surface area contributed by atoms with E-state index in [1.54, 1.807) is 36.4 Å². The lowest BCUT2D eigenvalue weighted by Crippen LogP contribution is -2.17. The van der Waals surface area contributed by atoms with Gasteiger partial charge in [0.2, 0.25) is 5.75 Å². The summed E-state index contributed by atoms with van der Waals surface area (Å²) in [6.07, 6.45) is 1.42. The number of phenols is 1. The average molecular weight is 315 g/mol. The maximum Gasteiger partial charge on any atom is 0.271 e. The third-order valence-electron chi connectivity index (χ3n) is 3.05. The number of amides is 1. The van der Waals surface area contributed by atoms with Gasteiger partial charge in [-0.1, -0.05) is 0 Å². The van der Waals surface area contributed by atoms with Gasteiger partial charge in [0.15, 0.2) is 11.5 Å². The van der Waals surface area contributed by atoms with Crippen LogP contribution in [-0.4, -0.2) is 31.4 Å². The first-order valence-corrected chi connectivity index (χ1v) is 6.69. The van der Waals surface area contributed by atoms with E-state index in [9.17, 15) is 9.90 Å². The van der Waals surface area contributed by atoms with Crippen molar-refractivity contribution in [3.63, 3.8) is 0 Å². The van der Waals surface area contributed by atoms with Crippen molar-refractivity contribution in [1.29, 1.82) is 0 Å². The molecule has 2 aromatic carbocycles. The Kier molecular flexibility index (Phi) is 5.03. The minimum Gasteiger partial charge on any atom is -0.502 e. The molecule has 0 radical (unpaired) electrons. The number of rotatable bonds is 5. The Hall–Kier alpha value is -3.22. The first-order valence-electron chi connectivity index (χ1n) is 6.69. The standard InChI is InChI=1S/C16H17N3O4/c1-22-13-7-10(8-14(23-2)15(13)20)9-18-19-16(21)11-3-5-12(17)6-4-11/h3-9,20H,17H2,1-2H3,(H,19,21)/b18-9+. The number of ether oxygens (including phenoxy) is 2. The molecule has 0 bridgehead atoms. The predicted octanol–water partition coefficient (Wildman–Crippen LogP) is 1.76. The van der Waals surface area contributed by atoms with Crippen molar-refractivity contribution in [2.24, 2.45) is 5.10 Å². The van der Waals surface area contributed by atoms with Crippen LogP contribution in [0.2, 0.25) is 0 Å². The summed E-state index contributed by atoms with van der Waals surface area (Å²) < 4.78 is 10.1. The first-order chi connectivity index (χ1) is 11.0. The molecule has 0 aliphatic carbocycles. The summed E-state index contributed by atoms with van der Waals surface area (Å²) in [6, 6.07) is 9.61. The number of carbonyl (C=O) groups is 1. The summed E-state index contributed by atoms with van der Waals surface area (Å²) >= 11 is 0. The number of hydrazone groups is 1. The highest BCUT2D eigenvalue weighted by molar-refractivity contribution is 5.95. The minimum absolute atomic E-state index is 0.0990. The van der Waals surface area contributed by atoms with Crippen LogP contribution in [0.5, 0.6) is 17.2 Å². The number of carbonyl (C=O) groups excluding carboxylic acids is 1. The number of nitrogens with zero attached hydrogens (tertiary/aromatic N) is 1. The number of benzene rings is 2. The quantitative estimate of drug-likeness (QED) is 0.443. The lowest BCUT2D eigenvalue weighted by Gasteiger charge is -2.09. The fourth-order valence-electron chi connectivity index (χ4n) is 1.85. The second-order valence-electron chi connectivity index (χ2n) is 4.60. The molecule has 2 aromatic rings. The van der Waals surface area contributed by atoms with Crippen molar-refractivity contribution in [2.45, 2.75) is 0 Å². The van der Waals surface area contributed by atoms with E-state index in [2.05, 4.69) is 10.5 Å². The Morgan fingerprint density at radius 3 is 2.26 bits per heavy atom. The van der Waals surface area contributed by atoms with Gasteiger partial charge in [0, 0.05) is 16.8 Å². The number of phenolic OH excluding ortho intramolecular Hbond substituents is 1. The Balaban J connectivity index is 2.11. The second-order valence-corrected chi connectivity index (χ2v) is 4.60. The Bertz CT molecular complexity index is 702. The summed E-state index contributed by atoms with van der Waals surface area (Å²) in [5, 5.41) is 13.7. The van der Waals surface area contributed by atoms with Crippen molar-refractivity contribution < 1.29 is 19.4 Å². The molecule has 0 heterocycles. The van der Waals surface area contributed by atoms with E-state index < -0.39 is 0 Å². The number of hydrogen-bond acceptors (Lipinski definition) is 6. The van der Waals surface area contributed by atoms with E-state index in [-0.39, 0.29) is 23.2 Å². The molecule has 0 atom stereocenters. The minimum atomic E-state index is -0.362. The van der Waals surface area contributed by atoms with E-state index in [1.807, 2.05) is 0 Å². The third kappa shape index (κ3) is 3.91. The largest absolute Gasteiger partial charge is 0.502 e. The highest BCUT2D eigenvalue weighted by atomic mass is 16.5. The maximum absolute atomic E-state index is 11.9. The zero-order valence-electron chi connectivity index (χ0n) is 12.7. The molecule has 120 valence electrons. The summed E-state index contributed by atoms with van der Waals surface area (Å²) in [5.41, 5.74) is 9.58. The molecule has 1 amide bonds. The monoisotopic (exact) mass is 315 g/mol. The molecule has 0 fully saturated rings. The van der Waals surface area contributed by atoms with Gasteiger partial charge < -0.3 is 20.3 Å². The molecule has 7 heteroatoms. The van der Waals surface area contributed by atoms with E-state index >= 15 is 0 Å². The molecule has 0 saturated heterocycles. The maximum atomic E-state index is 11.9. The van der Waals surface area contributed by atoms with Crippen LogP contribution in [0, 0.1) is 0 Å². The van der Waals surface area contributed by atoms with Gasteiger partial charge in [-0.15, -0.1) is 0 Å². The van der Waals surface area contributed by atoms with Crippen LogP contribution in [0.3, 0.4) is 0 Å². The van der Waals surface area contributed by atoms with Gasteiger partial charge in [-0.05, 0) is 36.4 Å². The van der Waals surface area contributed by atoms with Crippen LogP contribution in [0.1, 0.15) is 15.9 Å². The zero-order chi connectivity index (χ0) is 16.8. The van der Waals surface area contributed by atoms with Crippen molar-refractivity contribution in [2.75, 3.05) is 20.0 Å². The highest BCUT2D eigenvalue weighted by Gasteiger charge is 2.10. The number of aromatic hydroxyl groups is 1. The van der Waals surface area contributed by atoms with Gasteiger partial charge in [0.25, 0.3) is 5.91 Å². The van der Waals surface area contributed by atoms with Gasteiger partial charge in [-0.2, -0.15) is 5.10 Å². The Labute approximate surface area is 133 Å². The second kappa shape index (κ2) is 7.17. The van der Waals surface area contributed by atoms with Crippen LogP contribution in [0.25, 0.3) is 0 Å². The lowest BCUT2D eigenvalue weighted by atomic mass is 10.2. The first kappa shape index (κ1) is 16.2. The van der Waals surface area contributed by atoms with E-state index in [4.69, 9.17) is 15.2 Å². The molecule has 0 aromatic heterocycles. The number of anilines is 1. The molecule has 0 saturated carbocycles. The molecule has 0 aliphatic rings. The van der Waals surface area contributed by atoms with Crippen LogP contribution >= 0.6 is 0 Å². The lowest BCUT2D eigenvalue weighted by molar-refractivity contribution is 0.0955. The van der Waals surface area contributed by atoms with Gasteiger partial charge in [-0.3, -0.25) is 4.79 Å². The van der Waals surface area contributed by atoms with Crippen molar-refractivity contribution >= 4 is 17.8 Å². The normalized spacial score (nSPS) is 10.5.